The standard InChI is InChI=1S/C14H22N2OS/c1-2-11-8-9-12(18-11)13(14(15)17)16-10-6-4-3-5-7-10/h8-10,13,16H,2-7H2,1H3,(H2,15,17). The summed E-state index contributed by atoms with van der Waals surface area (Å²) in [6, 6.07) is 4.27. The SMILES string of the molecule is CCc1ccc(C(NC2CCCCC2)C(N)=O)s1. The largest absolute Gasteiger partial charge is 0.368 e. The zero-order valence-electron chi connectivity index (χ0n) is 10.9. The molecule has 0 bridgehead atoms. The van der Waals surface area contributed by atoms with Crippen molar-refractivity contribution in [1.29, 1.82) is 0 Å². The van der Waals surface area contributed by atoms with Gasteiger partial charge in [0, 0.05) is 15.8 Å². The van der Waals surface area contributed by atoms with Crippen molar-refractivity contribution in [3.05, 3.63) is 21.9 Å². The number of nitrogens with one attached hydrogen (secondary N) is 1. The van der Waals surface area contributed by atoms with E-state index in [0.717, 1.165) is 24.1 Å². The van der Waals surface area contributed by atoms with Gasteiger partial charge in [0.15, 0.2) is 0 Å². The first-order chi connectivity index (χ1) is 8.70. The van der Waals surface area contributed by atoms with E-state index in [4.69, 9.17) is 5.73 Å². The Morgan fingerprint density at radius 3 is 2.72 bits per heavy atom. The van der Waals surface area contributed by atoms with E-state index in [2.05, 4.69) is 18.3 Å². The van der Waals surface area contributed by atoms with Gasteiger partial charge in [0.1, 0.15) is 6.04 Å². The summed E-state index contributed by atoms with van der Waals surface area (Å²) in [5.41, 5.74) is 5.54. The number of rotatable bonds is 5. The van der Waals surface area contributed by atoms with Crippen molar-refractivity contribution in [3.63, 3.8) is 0 Å². The topological polar surface area (TPSA) is 55.1 Å². The fourth-order valence-corrected chi connectivity index (χ4v) is 3.57. The molecule has 1 aromatic heterocycles. The van der Waals surface area contributed by atoms with Crippen LogP contribution in [-0.2, 0) is 11.2 Å². The first-order valence-corrected chi connectivity index (χ1v) is 7.66. The van der Waals surface area contributed by atoms with Crippen LogP contribution in [0.1, 0.15) is 54.8 Å². The van der Waals surface area contributed by atoms with Gasteiger partial charge in [0.05, 0.1) is 0 Å². The van der Waals surface area contributed by atoms with Crippen molar-refractivity contribution >= 4 is 17.2 Å². The maximum absolute atomic E-state index is 11.6. The van der Waals surface area contributed by atoms with E-state index in [1.54, 1.807) is 11.3 Å². The molecule has 0 radical (unpaired) electrons. The van der Waals surface area contributed by atoms with Gasteiger partial charge >= 0.3 is 0 Å². The van der Waals surface area contributed by atoms with E-state index in [9.17, 15) is 4.79 Å². The molecule has 0 aliphatic heterocycles. The number of aryl methyl sites for hydroxylation is 1. The summed E-state index contributed by atoms with van der Waals surface area (Å²) in [4.78, 5) is 14.0. The molecule has 1 saturated carbocycles. The van der Waals surface area contributed by atoms with E-state index in [-0.39, 0.29) is 11.9 Å². The maximum Gasteiger partial charge on any atom is 0.240 e. The lowest BCUT2D eigenvalue weighted by molar-refractivity contribution is -0.120. The summed E-state index contributed by atoms with van der Waals surface area (Å²) >= 11 is 1.69. The molecule has 1 heterocycles. The summed E-state index contributed by atoms with van der Waals surface area (Å²) in [5.74, 6) is -0.259. The quantitative estimate of drug-likeness (QED) is 0.861. The van der Waals surface area contributed by atoms with Crippen molar-refractivity contribution in [1.82, 2.24) is 5.32 Å². The highest BCUT2D eigenvalue weighted by molar-refractivity contribution is 7.12. The Balaban J connectivity index is 2.05. The van der Waals surface area contributed by atoms with Crippen LogP contribution in [0.25, 0.3) is 0 Å². The minimum absolute atomic E-state index is 0.259. The molecule has 0 aromatic carbocycles. The van der Waals surface area contributed by atoms with E-state index in [1.807, 2.05) is 6.07 Å². The fourth-order valence-electron chi connectivity index (χ4n) is 2.55. The fraction of sp³-hybridized carbons (Fsp3) is 0.643. The van der Waals surface area contributed by atoms with Crippen molar-refractivity contribution < 1.29 is 4.79 Å². The third kappa shape index (κ3) is 3.33. The Labute approximate surface area is 113 Å². The third-order valence-corrected chi connectivity index (χ3v) is 4.90. The van der Waals surface area contributed by atoms with Crippen LogP contribution in [0.15, 0.2) is 12.1 Å². The van der Waals surface area contributed by atoms with Crippen LogP contribution in [0.4, 0.5) is 0 Å². The Morgan fingerprint density at radius 1 is 1.44 bits per heavy atom. The number of carbonyl (C=O) groups excluding carboxylic acids is 1. The lowest BCUT2D eigenvalue weighted by Crippen LogP contribution is -2.40. The molecule has 0 saturated heterocycles. The Morgan fingerprint density at radius 2 is 2.17 bits per heavy atom. The molecule has 3 nitrogen and oxygen atoms in total. The van der Waals surface area contributed by atoms with Gasteiger partial charge < -0.3 is 5.73 Å². The molecule has 3 N–H and O–H groups in total. The van der Waals surface area contributed by atoms with E-state index in [0.29, 0.717) is 6.04 Å². The summed E-state index contributed by atoms with van der Waals surface area (Å²) in [5, 5.41) is 3.44. The predicted octanol–water partition coefficient (Wildman–Crippen LogP) is 2.76. The smallest absolute Gasteiger partial charge is 0.240 e. The monoisotopic (exact) mass is 266 g/mol. The van der Waals surface area contributed by atoms with Crippen molar-refractivity contribution in [2.45, 2.75) is 57.5 Å². The average molecular weight is 266 g/mol. The van der Waals surface area contributed by atoms with Gasteiger partial charge in [-0.3, -0.25) is 10.1 Å². The van der Waals surface area contributed by atoms with Gasteiger partial charge in [-0.05, 0) is 31.4 Å². The minimum Gasteiger partial charge on any atom is -0.368 e. The first-order valence-electron chi connectivity index (χ1n) is 6.84. The van der Waals surface area contributed by atoms with Crippen LogP contribution in [0.2, 0.25) is 0 Å². The average Bonchev–Trinajstić information content (AvgIpc) is 2.85. The van der Waals surface area contributed by atoms with Crippen LogP contribution in [0.3, 0.4) is 0 Å². The highest BCUT2D eigenvalue weighted by Gasteiger charge is 2.24. The third-order valence-electron chi connectivity index (χ3n) is 3.61. The van der Waals surface area contributed by atoms with Crippen molar-refractivity contribution in [2.75, 3.05) is 0 Å². The summed E-state index contributed by atoms with van der Waals surface area (Å²) in [7, 11) is 0. The van der Waals surface area contributed by atoms with Crippen molar-refractivity contribution in [3.8, 4) is 0 Å². The molecule has 4 heteroatoms. The number of hydrogen-bond acceptors (Lipinski definition) is 3. The molecular formula is C14H22N2OS. The molecule has 1 amide bonds. The zero-order valence-corrected chi connectivity index (χ0v) is 11.8. The second kappa shape index (κ2) is 6.34. The maximum atomic E-state index is 11.6. The van der Waals surface area contributed by atoms with Crippen LogP contribution in [0.5, 0.6) is 0 Å². The summed E-state index contributed by atoms with van der Waals surface area (Å²) in [6.07, 6.45) is 7.17. The van der Waals surface area contributed by atoms with Crippen molar-refractivity contribution in [2.24, 2.45) is 5.73 Å². The van der Waals surface area contributed by atoms with Crippen LogP contribution < -0.4 is 11.1 Å². The zero-order chi connectivity index (χ0) is 13.0. The lowest BCUT2D eigenvalue weighted by Gasteiger charge is -2.26. The van der Waals surface area contributed by atoms with Gasteiger partial charge in [0.25, 0.3) is 0 Å². The normalized spacial score (nSPS) is 18.7. The number of nitrogens with two attached hydrogens (primary N) is 1. The van der Waals surface area contributed by atoms with Gasteiger partial charge in [-0.15, -0.1) is 11.3 Å². The van der Waals surface area contributed by atoms with Gasteiger partial charge in [-0.25, -0.2) is 0 Å². The highest BCUT2D eigenvalue weighted by atomic mass is 32.1. The molecule has 1 aliphatic rings. The number of hydrogen-bond donors (Lipinski definition) is 2. The van der Waals surface area contributed by atoms with E-state index in [1.165, 1.54) is 24.1 Å². The minimum atomic E-state index is -0.307. The molecule has 1 fully saturated rings. The van der Waals surface area contributed by atoms with Gasteiger partial charge in [-0.1, -0.05) is 26.2 Å². The molecule has 2 rings (SSSR count). The molecule has 0 spiro atoms. The predicted molar refractivity (Wildman–Crippen MR) is 75.6 cm³/mol. The van der Waals surface area contributed by atoms with Crippen LogP contribution in [0, 0.1) is 0 Å². The Kier molecular flexibility index (Phi) is 4.78. The molecule has 1 aromatic rings. The van der Waals surface area contributed by atoms with Crippen LogP contribution >= 0.6 is 11.3 Å². The summed E-state index contributed by atoms with van der Waals surface area (Å²) in [6.45, 7) is 2.13. The van der Waals surface area contributed by atoms with Gasteiger partial charge in [-0.2, -0.15) is 0 Å². The summed E-state index contributed by atoms with van der Waals surface area (Å²) < 4.78 is 0. The van der Waals surface area contributed by atoms with E-state index >= 15 is 0 Å². The molecule has 1 unspecified atom stereocenters. The molecular weight excluding hydrogens is 244 g/mol. The molecule has 100 valence electrons. The first kappa shape index (κ1) is 13.6. The molecule has 1 atom stereocenters. The second-order valence-corrected chi connectivity index (χ2v) is 6.19. The van der Waals surface area contributed by atoms with Gasteiger partial charge in [0.2, 0.25) is 5.91 Å². The Hall–Kier alpha value is -0.870. The highest BCUT2D eigenvalue weighted by Crippen LogP contribution is 2.26. The molecule has 1 aliphatic carbocycles. The number of amides is 1. The van der Waals surface area contributed by atoms with E-state index < -0.39 is 0 Å². The number of thiophene rings is 1. The number of primary amides is 1. The van der Waals surface area contributed by atoms with Crippen LogP contribution in [-0.4, -0.2) is 11.9 Å². The molecule has 18 heavy (non-hydrogen) atoms. The Bertz CT molecular complexity index is 396. The number of carbonyl (C=O) groups is 1. The second-order valence-electron chi connectivity index (χ2n) is 4.99. The lowest BCUT2D eigenvalue weighted by atomic mass is 9.94.